The van der Waals surface area contributed by atoms with E-state index in [0.29, 0.717) is 13.1 Å². The van der Waals surface area contributed by atoms with Crippen LogP contribution in [-0.4, -0.2) is 28.2 Å². The fourth-order valence-corrected chi connectivity index (χ4v) is 3.58. The Bertz CT molecular complexity index is 776. The zero-order chi connectivity index (χ0) is 18.5. The van der Waals surface area contributed by atoms with E-state index in [1.54, 1.807) is 13.1 Å². The molecule has 2 aromatic rings. The van der Waals surface area contributed by atoms with Crippen molar-refractivity contribution in [2.75, 3.05) is 6.54 Å². The van der Waals surface area contributed by atoms with Crippen molar-refractivity contribution < 1.29 is 9.59 Å². The molecule has 5 heteroatoms. The Morgan fingerprint density at radius 3 is 2.73 bits per heavy atom. The van der Waals surface area contributed by atoms with Crippen LogP contribution >= 0.6 is 0 Å². The molecule has 5 nitrogen and oxygen atoms in total. The highest BCUT2D eigenvalue weighted by Gasteiger charge is 2.34. The molecule has 0 saturated carbocycles. The smallest absolute Gasteiger partial charge is 0.225 e. The number of benzene rings is 1. The van der Waals surface area contributed by atoms with Gasteiger partial charge in [0.1, 0.15) is 0 Å². The minimum Gasteiger partial charge on any atom is -0.350 e. The standard InChI is InChI=1S/C21H25N3O2/c1-15-6-5-7-17(12-15)20-10-9-18(14-24(20)16(2)25)21(26)23-13-19-8-3-4-11-22-19/h3-8,11-12,18,20H,9-10,13-14H2,1-2H3,(H,23,26). The number of rotatable bonds is 4. The van der Waals surface area contributed by atoms with Crippen molar-refractivity contribution in [3.05, 3.63) is 65.5 Å². The molecule has 0 radical (unpaired) electrons. The molecule has 1 N–H and O–H groups in total. The lowest BCUT2D eigenvalue weighted by molar-refractivity contribution is -0.137. The minimum atomic E-state index is -0.177. The van der Waals surface area contributed by atoms with Crippen molar-refractivity contribution in [3.63, 3.8) is 0 Å². The Morgan fingerprint density at radius 2 is 2.04 bits per heavy atom. The van der Waals surface area contributed by atoms with Gasteiger partial charge in [-0.1, -0.05) is 35.9 Å². The number of pyridine rings is 1. The number of carbonyl (C=O) groups is 2. The number of carbonyl (C=O) groups excluding carboxylic acids is 2. The first kappa shape index (κ1) is 18.1. The van der Waals surface area contributed by atoms with Gasteiger partial charge < -0.3 is 10.2 Å². The van der Waals surface area contributed by atoms with Crippen LogP contribution in [0.5, 0.6) is 0 Å². The fraction of sp³-hybridized carbons (Fsp3) is 0.381. The molecule has 2 unspecified atom stereocenters. The Kier molecular flexibility index (Phi) is 5.66. The van der Waals surface area contributed by atoms with Crippen molar-refractivity contribution >= 4 is 11.8 Å². The topological polar surface area (TPSA) is 62.3 Å². The van der Waals surface area contributed by atoms with Crippen molar-refractivity contribution in [1.29, 1.82) is 0 Å². The van der Waals surface area contributed by atoms with E-state index >= 15 is 0 Å². The van der Waals surface area contributed by atoms with Crippen molar-refractivity contribution in [2.24, 2.45) is 5.92 Å². The average Bonchev–Trinajstić information content (AvgIpc) is 2.66. The van der Waals surface area contributed by atoms with Crippen LogP contribution in [-0.2, 0) is 16.1 Å². The summed E-state index contributed by atoms with van der Waals surface area (Å²) in [5.41, 5.74) is 3.16. The summed E-state index contributed by atoms with van der Waals surface area (Å²) in [6.45, 7) is 4.51. The summed E-state index contributed by atoms with van der Waals surface area (Å²) in [4.78, 5) is 30.8. The lowest BCUT2D eigenvalue weighted by Crippen LogP contribution is -2.46. The quantitative estimate of drug-likeness (QED) is 0.921. The van der Waals surface area contributed by atoms with E-state index < -0.39 is 0 Å². The highest BCUT2D eigenvalue weighted by Crippen LogP contribution is 2.34. The molecule has 1 aromatic heterocycles. The highest BCUT2D eigenvalue weighted by molar-refractivity contribution is 5.80. The SMILES string of the molecule is CC(=O)N1CC(C(=O)NCc2ccccn2)CCC1c1cccc(C)c1. The molecule has 1 aliphatic heterocycles. The second-order valence-corrected chi connectivity index (χ2v) is 6.91. The second-order valence-electron chi connectivity index (χ2n) is 6.91. The predicted molar refractivity (Wildman–Crippen MR) is 100 cm³/mol. The first-order valence-electron chi connectivity index (χ1n) is 9.06. The lowest BCUT2D eigenvalue weighted by Gasteiger charge is -2.39. The van der Waals surface area contributed by atoms with E-state index in [0.717, 1.165) is 24.1 Å². The molecule has 136 valence electrons. The molecule has 1 saturated heterocycles. The van der Waals surface area contributed by atoms with Crippen LogP contribution in [0.25, 0.3) is 0 Å². The van der Waals surface area contributed by atoms with Gasteiger partial charge in [-0.05, 0) is 37.5 Å². The van der Waals surface area contributed by atoms with E-state index in [9.17, 15) is 9.59 Å². The monoisotopic (exact) mass is 351 g/mol. The molecular weight excluding hydrogens is 326 g/mol. The number of nitrogens with one attached hydrogen (secondary N) is 1. The number of amides is 2. The van der Waals surface area contributed by atoms with Crippen LogP contribution in [0.4, 0.5) is 0 Å². The van der Waals surface area contributed by atoms with E-state index in [2.05, 4.69) is 35.4 Å². The summed E-state index contributed by atoms with van der Waals surface area (Å²) in [6.07, 6.45) is 3.28. The third kappa shape index (κ3) is 4.28. The number of piperidine rings is 1. The van der Waals surface area contributed by atoms with E-state index in [1.807, 2.05) is 29.2 Å². The Hall–Kier alpha value is -2.69. The molecule has 1 aliphatic rings. The van der Waals surface area contributed by atoms with Gasteiger partial charge in [-0.2, -0.15) is 0 Å². The third-order valence-electron chi connectivity index (χ3n) is 4.95. The van der Waals surface area contributed by atoms with Gasteiger partial charge in [0.15, 0.2) is 0 Å². The third-order valence-corrected chi connectivity index (χ3v) is 4.95. The van der Waals surface area contributed by atoms with Crippen molar-refractivity contribution in [1.82, 2.24) is 15.2 Å². The summed E-state index contributed by atoms with van der Waals surface area (Å²) >= 11 is 0. The summed E-state index contributed by atoms with van der Waals surface area (Å²) in [5, 5.41) is 2.95. The van der Waals surface area contributed by atoms with Crippen LogP contribution in [0.1, 0.15) is 42.6 Å². The van der Waals surface area contributed by atoms with Gasteiger partial charge in [-0.3, -0.25) is 14.6 Å². The number of aryl methyl sites for hydroxylation is 1. The van der Waals surface area contributed by atoms with Crippen LogP contribution in [0, 0.1) is 12.8 Å². The molecule has 2 heterocycles. The van der Waals surface area contributed by atoms with E-state index in [4.69, 9.17) is 0 Å². The molecule has 1 fully saturated rings. The summed E-state index contributed by atoms with van der Waals surface area (Å²) < 4.78 is 0. The summed E-state index contributed by atoms with van der Waals surface area (Å²) in [5.74, 6) is -0.174. The number of hydrogen-bond acceptors (Lipinski definition) is 3. The molecule has 26 heavy (non-hydrogen) atoms. The van der Waals surface area contributed by atoms with Gasteiger partial charge in [0.05, 0.1) is 24.2 Å². The minimum absolute atomic E-state index is 0.00963. The van der Waals surface area contributed by atoms with Crippen molar-refractivity contribution in [3.8, 4) is 0 Å². The van der Waals surface area contributed by atoms with Crippen molar-refractivity contribution in [2.45, 2.75) is 39.3 Å². The van der Waals surface area contributed by atoms with Crippen LogP contribution in [0.3, 0.4) is 0 Å². The normalized spacial score (nSPS) is 19.8. The average molecular weight is 351 g/mol. The Labute approximate surface area is 154 Å². The van der Waals surface area contributed by atoms with Gasteiger partial charge >= 0.3 is 0 Å². The van der Waals surface area contributed by atoms with Gasteiger partial charge in [-0.25, -0.2) is 0 Å². The van der Waals surface area contributed by atoms with Crippen LogP contribution < -0.4 is 5.32 Å². The first-order valence-corrected chi connectivity index (χ1v) is 9.06. The molecular formula is C21H25N3O2. The Balaban J connectivity index is 1.65. The molecule has 2 atom stereocenters. The number of nitrogens with zero attached hydrogens (tertiary/aromatic N) is 2. The predicted octanol–water partition coefficient (Wildman–Crippen LogP) is 3.01. The van der Waals surface area contributed by atoms with Gasteiger partial charge in [0.25, 0.3) is 0 Å². The zero-order valence-corrected chi connectivity index (χ0v) is 15.3. The lowest BCUT2D eigenvalue weighted by atomic mass is 9.88. The molecule has 0 bridgehead atoms. The molecule has 1 aromatic carbocycles. The maximum atomic E-state index is 12.6. The maximum Gasteiger partial charge on any atom is 0.225 e. The first-order chi connectivity index (χ1) is 12.5. The second kappa shape index (κ2) is 8.13. The van der Waals surface area contributed by atoms with Crippen LogP contribution in [0.2, 0.25) is 0 Å². The van der Waals surface area contributed by atoms with E-state index in [1.165, 1.54) is 5.56 Å². The number of likely N-dealkylation sites (tertiary alicyclic amines) is 1. The largest absolute Gasteiger partial charge is 0.350 e. The molecule has 0 spiro atoms. The van der Waals surface area contributed by atoms with Gasteiger partial charge in [-0.15, -0.1) is 0 Å². The molecule has 3 rings (SSSR count). The number of hydrogen-bond donors (Lipinski definition) is 1. The van der Waals surface area contributed by atoms with Crippen LogP contribution in [0.15, 0.2) is 48.7 Å². The highest BCUT2D eigenvalue weighted by atomic mass is 16.2. The summed E-state index contributed by atoms with van der Waals surface area (Å²) in [7, 11) is 0. The summed E-state index contributed by atoms with van der Waals surface area (Å²) in [6, 6.07) is 14.0. The Morgan fingerprint density at radius 1 is 1.19 bits per heavy atom. The molecule has 0 aliphatic carbocycles. The fourth-order valence-electron chi connectivity index (χ4n) is 3.58. The zero-order valence-electron chi connectivity index (χ0n) is 15.3. The number of aromatic nitrogens is 1. The van der Waals surface area contributed by atoms with Gasteiger partial charge in [0, 0.05) is 19.7 Å². The molecule has 2 amide bonds. The van der Waals surface area contributed by atoms with E-state index in [-0.39, 0.29) is 23.8 Å². The maximum absolute atomic E-state index is 12.6. The van der Waals surface area contributed by atoms with Gasteiger partial charge in [0.2, 0.25) is 11.8 Å².